The van der Waals surface area contributed by atoms with Crippen molar-refractivity contribution in [2.24, 2.45) is 0 Å². The maximum atomic E-state index is 12.3. The van der Waals surface area contributed by atoms with E-state index in [4.69, 9.17) is 9.47 Å². The average Bonchev–Trinajstić information content (AvgIpc) is 3.20. The SMILES string of the molecule is CCCCCCCC/C=C\CCCCCCCCCCCC(=O)OCC(CO)OC(=O)CCCCCCCCCCCCC/C=C\CCCCCCCCCC. The lowest BCUT2D eigenvalue weighted by molar-refractivity contribution is -0.161. The molecule has 0 aliphatic carbocycles. The highest BCUT2D eigenvalue weighted by Crippen LogP contribution is 2.16. The van der Waals surface area contributed by atoms with Crippen molar-refractivity contribution in [3.8, 4) is 0 Å². The fraction of sp³-hybridized carbons (Fsp3) is 0.882. The molecule has 1 atom stereocenters. The molecule has 0 saturated heterocycles. The van der Waals surface area contributed by atoms with Gasteiger partial charge in [0.15, 0.2) is 6.10 Å². The third kappa shape index (κ3) is 45.1. The zero-order chi connectivity index (χ0) is 40.7. The normalized spacial score (nSPS) is 12.3. The minimum absolute atomic E-state index is 0.0631. The van der Waals surface area contributed by atoms with Gasteiger partial charge in [-0.1, -0.05) is 218 Å². The number of ether oxygens (including phenoxy) is 2. The standard InChI is InChI=1S/C51H96O5/c1-3-5-7-9-11-13-15-17-19-21-23-24-25-26-28-30-32-34-36-38-40-42-44-46-51(54)56-49(47-52)48-55-50(53)45-43-41-39-37-35-33-31-29-27-22-20-18-16-14-12-10-8-6-4-2/h18,20-21,23,49,52H,3-17,19,22,24-48H2,1-2H3/b20-18-,23-21-. The van der Waals surface area contributed by atoms with E-state index in [9.17, 15) is 14.7 Å². The van der Waals surface area contributed by atoms with E-state index < -0.39 is 6.10 Å². The Kier molecular flexibility index (Phi) is 46.4. The number of carbonyl (C=O) groups is 2. The summed E-state index contributed by atoms with van der Waals surface area (Å²) in [6, 6.07) is 0. The first-order valence-electron chi connectivity index (χ1n) is 24.9. The first-order chi connectivity index (χ1) is 27.6. The van der Waals surface area contributed by atoms with Crippen LogP contribution in [0.15, 0.2) is 24.3 Å². The van der Waals surface area contributed by atoms with Gasteiger partial charge in [-0.25, -0.2) is 0 Å². The Labute approximate surface area is 349 Å². The van der Waals surface area contributed by atoms with Crippen LogP contribution in [-0.2, 0) is 19.1 Å². The largest absolute Gasteiger partial charge is 0.462 e. The van der Waals surface area contributed by atoms with Gasteiger partial charge in [0.05, 0.1) is 6.61 Å². The fourth-order valence-electron chi connectivity index (χ4n) is 7.43. The zero-order valence-corrected chi connectivity index (χ0v) is 37.7. The van der Waals surface area contributed by atoms with Crippen molar-refractivity contribution in [3.63, 3.8) is 0 Å². The van der Waals surface area contributed by atoms with Crippen molar-refractivity contribution in [1.29, 1.82) is 0 Å². The molecule has 1 N–H and O–H groups in total. The quantitative estimate of drug-likeness (QED) is 0.0378. The van der Waals surface area contributed by atoms with Crippen molar-refractivity contribution in [2.75, 3.05) is 13.2 Å². The summed E-state index contributed by atoms with van der Waals surface area (Å²) in [6.07, 6.45) is 58.4. The number of carbonyl (C=O) groups excluding carboxylic acids is 2. The van der Waals surface area contributed by atoms with Gasteiger partial charge in [0.2, 0.25) is 0 Å². The number of hydrogen-bond acceptors (Lipinski definition) is 5. The number of rotatable bonds is 46. The molecule has 56 heavy (non-hydrogen) atoms. The molecule has 0 aliphatic rings. The van der Waals surface area contributed by atoms with Crippen LogP contribution in [0.25, 0.3) is 0 Å². The first kappa shape index (κ1) is 54.4. The number of unbranched alkanes of at least 4 members (excludes halogenated alkanes) is 34. The van der Waals surface area contributed by atoms with Gasteiger partial charge in [0.1, 0.15) is 6.61 Å². The second-order valence-electron chi connectivity index (χ2n) is 16.9. The van der Waals surface area contributed by atoms with Crippen LogP contribution in [-0.4, -0.2) is 36.4 Å². The van der Waals surface area contributed by atoms with Gasteiger partial charge in [-0.15, -0.1) is 0 Å². The first-order valence-corrected chi connectivity index (χ1v) is 24.9. The molecule has 0 aromatic rings. The molecule has 0 fully saturated rings. The van der Waals surface area contributed by atoms with Crippen LogP contribution in [0.5, 0.6) is 0 Å². The van der Waals surface area contributed by atoms with Crippen molar-refractivity contribution < 1.29 is 24.2 Å². The highest BCUT2D eigenvalue weighted by atomic mass is 16.6. The second-order valence-corrected chi connectivity index (χ2v) is 16.9. The molecule has 0 aromatic carbocycles. The lowest BCUT2D eigenvalue weighted by Crippen LogP contribution is -2.28. The Morgan fingerprint density at radius 1 is 0.393 bits per heavy atom. The molecule has 0 bridgehead atoms. The smallest absolute Gasteiger partial charge is 0.306 e. The fourth-order valence-corrected chi connectivity index (χ4v) is 7.43. The number of hydrogen-bond donors (Lipinski definition) is 1. The molecule has 0 radical (unpaired) electrons. The predicted octanol–water partition coefficient (Wildman–Crippen LogP) is 16.2. The summed E-state index contributed by atoms with van der Waals surface area (Å²) in [5, 5.41) is 9.62. The van der Waals surface area contributed by atoms with Crippen molar-refractivity contribution in [2.45, 2.75) is 277 Å². The molecule has 0 saturated carbocycles. The van der Waals surface area contributed by atoms with Crippen LogP contribution in [0, 0.1) is 0 Å². The number of aliphatic hydroxyl groups excluding tert-OH is 1. The predicted molar refractivity (Wildman–Crippen MR) is 242 cm³/mol. The third-order valence-electron chi connectivity index (χ3n) is 11.2. The minimum atomic E-state index is -0.770. The summed E-state index contributed by atoms with van der Waals surface area (Å²) in [5.41, 5.74) is 0. The van der Waals surface area contributed by atoms with Crippen LogP contribution in [0.3, 0.4) is 0 Å². The molecule has 0 amide bonds. The average molecular weight is 789 g/mol. The second kappa shape index (κ2) is 47.8. The molecule has 1 unspecified atom stereocenters. The highest BCUT2D eigenvalue weighted by Gasteiger charge is 2.16. The van der Waals surface area contributed by atoms with Crippen molar-refractivity contribution >= 4 is 11.9 Å². The van der Waals surface area contributed by atoms with Crippen molar-refractivity contribution in [1.82, 2.24) is 0 Å². The molecule has 0 aromatic heterocycles. The summed E-state index contributed by atoms with van der Waals surface area (Å²) in [6.45, 7) is 4.17. The number of esters is 2. The molecular formula is C51H96O5. The van der Waals surface area contributed by atoms with Crippen molar-refractivity contribution in [3.05, 3.63) is 24.3 Å². The van der Waals surface area contributed by atoms with Gasteiger partial charge in [-0.2, -0.15) is 0 Å². The molecule has 0 spiro atoms. The summed E-state index contributed by atoms with van der Waals surface area (Å²) in [4.78, 5) is 24.4. The van der Waals surface area contributed by atoms with E-state index in [2.05, 4.69) is 38.2 Å². The minimum Gasteiger partial charge on any atom is -0.462 e. The summed E-state index contributed by atoms with van der Waals surface area (Å²) >= 11 is 0. The van der Waals surface area contributed by atoms with Gasteiger partial charge < -0.3 is 14.6 Å². The Morgan fingerprint density at radius 2 is 0.661 bits per heavy atom. The monoisotopic (exact) mass is 789 g/mol. The van der Waals surface area contributed by atoms with Crippen LogP contribution >= 0.6 is 0 Å². The van der Waals surface area contributed by atoms with Crippen LogP contribution < -0.4 is 0 Å². The Bertz CT molecular complexity index is 851. The van der Waals surface area contributed by atoms with Gasteiger partial charge in [-0.05, 0) is 64.2 Å². The van der Waals surface area contributed by atoms with Gasteiger partial charge >= 0.3 is 11.9 Å². The summed E-state index contributed by atoms with van der Waals surface area (Å²) in [7, 11) is 0. The topological polar surface area (TPSA) is 72.8 Å². The lowest BCUT2D eigenvalue weighted by Gasteiger charge is -2.15. The number of allylic oxidation sites excluding steroid dienone is 4. The van der Waals surface area contributed by atoms with Gasteiger partial charge in [-0.3, -0.25) is 9.59 Å². The van der Waals surface area contributed by atoms with Gasteiger partial charge in [0.25, 0.3) is 0 Å². The van der Waals surface area contributed by atoms with E-state index in [1.54, 1.807) is 0 Å². The molecule has 0 heterocycles. The highest BCUT2D eigenvalue weighted by molar-refractivity contribution is 5.70. The van der Waals surface area contributed by atoms with E-state index in [0.29, 0.717) is 12.8 Å². The van der Waals surface area contributed by atoms with E-state index in [0.717, 1.165) is 38.5 Å². The van der Waals surface area contributed by atoms with E-state index >= 15 is 0 Å². The molecule has 0 rings (SSSR count). The van der Waals surface area contributed by atoms with Gasteiger partial charge in [0, 0.05) is 12.8 Å². The molecule has 5 heteroatoms. The third-order valence-corrected chi connectivity index (χ3v) is 11.2. The van der Waals surface area contributed by atoms with E-state index in [1.807, 2.05) is 0 Å². The summed E-state index contributed by atoms with van der Waals surface area (Å²) in [5.74, 6) is -0.581. The number of aliphatic hydroxyl groups is 1. The molecule has 0 aliphatic heterocycles. The Balaban J connectivity index is 3.47. The maximum Gasteiger partial charge on any atom is 0.306 e. The van der Waals surface area contributed by atoms with E-state index in [-0.39, 0.29) is 25.2 Å². The molecule has 330 valence electrons. The zero-order valence-electron chi connectivity index (χ0n) is 37.7. The lowest BCUT2D eigenvalue weighted by atomic mass is 10.0. The summed E-state index contributed by atoms with van der Waals surface area (Å²) < 4.78 is 10.7. The van der Waals surface area contributed by atoms with Crippen LogP contribution in [0.2, 0.25) is 0 Å². The van der Waals surface area contributed by atoms with Crippen LogP contribution in [0.4, 0.5) is 0 Å². The Morgan fingerprint density at radius 3 is 0.964 bits per heavy atom. The molecule has 5 nitrogen and oxygen atoms in total. The Hall–Kier alpha value is -1.62. The van der Waals surface area contributed by atoms with Crippen LogP contribution in [0.1, 0.15) is 271 Å². The van der Waals surface area contributed by atoms with E-state index in [1.165, 1.54) is 205 Å². The molecular weight excluding hydrogens is 693 g/mol. The maximum absolute atomic E-state index is 12.3.